The highest BCUT2D eigenvalue weighted by molar-refractivity contribution is 5.76. The van der Waals surface area contributed by atoms with Crippen LogP contribution >= 0.6 is 0 Å². The molecule has 136 valence electrons. The molecule has 0 bridgehead atoms. The Morgan fingerprint density at radius 2 is 2.04 bits per heavy atom. The predicted octanol–water partition coefficient (Wildman–Crippen LogP) is 3.74. The molecule has 0 radical (unpaired) electrons. The third-order valence-corrected chi connectivity index (χ3v) is 6.21. The molecule has 2 aromatic carbocycles. The summed E-state index contributed by atoms with van der Waals surface area (Å²) in [6.07, 6.45) is 1.04. The maximum Gasteiger partial charge on any atom is 0.0678 e. The summed E-state index contributed by atoms with van der Waals surface area (Å²) in [5.74, 6) is 0. The third-order valence-electron chi connectivity index (χ3n) is 6.21. The number of morpholine rings is 1. The Morgan fingerprint density at radius 3 is 2.81 bits per heavy atom. The molecule has 5 heteroatoms. The lowest BCUT2D eigenvalue weighted by Gasteiger charge is -2.56. The quantitative estimate of drug-likeness (QED) is 0.833. The van der Waals surface area contributed by atoms with Crippen molar-refractivity contribution in [2.24, 2.45) is 5.41 Å². The van der Waals surface area contributed by atoms with Gasteiger partial charge in [0.05, 0.1) is 38.2 Å². The van der Waals surface area contributed by atoms with Crippen molar-refractivity contribution >= 4 is 11.4 Å². The number of benzene rings is 2. The lowest BCUT2D eigenvalue weighted by molar-refractivity contribution is -0.145. The number of rotatable bonds is 2. The number of anilines is 2. The lowest BCUT2D eigenvalue weighted by Crippen LogP contribution is -2.65. The van der Waals surface area contributed by atoms with Crippen molar-refractivity contribution < 1.29 is 14.0 Å². The average molecular weight is 354 g/mol. The van der Waals surface area contributed by atoms with Crippen LogP contribution < -0.4 is 10.4 Å². The Bertz CT molecular complexity index is 850. The SMILES string of the molecule is Cc1ccc(NF)cc1-c1ccc2c(c1)N1CCOCC1C1(COC1)C2. The van der Waals surface area contributed by atoms with E-state index in [1.54, 1.807) is 11.6 Å². The van der Waals surface area contributed by atoms with Gasteiger partial charge in [-0.15, -0.1) is 4.48 Å². The normalized spacial score (nSPS) is 23.2. The minimum Gasteiger partial charge on any atom is -0.380 e. The summed E-state index contributed by atoms with van der Waals surface area (Å²) in [7, 11) is 0. The summed E-state index contributed by atoms with van der Waals surface area (Å²) in [5, 5.41) is 0. The number of ether oxygens (including phenoxy) is 2. The van der Waals surface area contributed by atoms with Gasteiger partial charge in [-0.3, -0.25) is 0 Å². The van der Waals surface area contributed by atoms with Crippen molar-refractivity contribution in [1.82, 2.24) is 0 Å². The van der Waals surface area contributed by atoms with E-state index >= 15 is 0 Å². The minimum absolute atomic E-state index is 0.197. The van der Waals surface area contributed by atoms with Crippen molar-refractivity contribution in [2.75, 3.05) is 43.4 Å². The van der Waals surface area contributed by atoms with E-state index in [-0.39, 0.29) is 5.41 Å². The topological polar surface area (TPSA) is 33.7 Å². The van der Waals surface area contributed by atoms with Gasteiger partial charge in [-0.1, -0.05) is 18.2 Å². The van der Waals surface area contributed by atoms with Gasteiger partial charge in [0, 0.05) is 17.6 Å². The van der Waals surface area contributed by atoms with Crippen LogP contribution in [0.15, 0.2) is 36.4 Å². The number of aryl methyl sites for hydroxylation is 1. The van der Waals surface area contributed by atoms with Crippen LogP contribution in [0, 0.1) is 12.3 Å². The number of halogens is 1. The standard InChI is InChI=1S/C21H23FN2O2/c1-14-2-5-17(23-22)9-18(14)15-3-4-16-10-21(12-26-13-21)20-11-25-7-6-24(20)19(16)8-15/h2-5,8-9,20,23H,6-7,10-13H2,1H3. The summed E-state index contributed by atoms with van der Waals surface area (Å²) >= 11 is 0. The van der Waals surface area contributed by atoms with E-state index < -0.39 is 0 Å². The average Bonchev–Trinajstić information content (AvgIpc) is 2.66. The molecule has 5 rings (SSSR count). The van der Waals surface area contributed by atoms with Crippen LogP contribution in [0.3, 0.4) is 0 Å². The third kappa shape index (κ3) is 2.34. The number of fused-ring (bicyclic) bond motifs is 4. The van der Waals surface area contributed by atoms with Crippen molar-refractivity contribution in [3.8, 4) is 11.1 Å². The zero-order chi connectivity index (χ0) is 17.7. The molecule has 1 N–H and O–H groups in total. The molecule has 0 amide bonds. The fourth-order valence-electron chi connectivity index (χ4n) is 4.70. The van der Waals surface area contributed by atoms with Gasteiger partial charge in [0.1, 0.15) is 0 Å². The Hall–Kier alpha value is -2.11. The first-order valence-corrected chi connectivity index (χ1v) is 9.23. The second-order valence-electron chi connectivity index (χ2n) is 7.78. The van der Waals surface area contributed by atoms with E-state index in [0.29, 0.717) is 11.7 Å². The number of nitrogens with zero attached hydrogens (tertiary/aromatic N) is 1. The molecular formula is C21H23FN2O2. The predicted molar refractivity (Wildman–Crippen MR) is 100 cm³/mol. The van der Waals surface area contributed by atoms with E-state index in [1.807, 2.05) is 12.1 Å². The molecule has 3 aliphatic heterocycles. The van der Waals surface area contributed by atoms with Gasteiger partial charge in [-0.2, -0.15) is 0 Å². The van der Waals surface area contributed by atoms with E-state index in [9.17, 15) is 4.48 Å². The fourth-order valence-corrected chi connectivity index (χ4v) is 4.70. The van der Waals surface area contributed by atoms with E-state index in [4.69, 9.17) is 9.47 Å². The molecule has 2 fully saturated rings. The zero-order valence-electron chi connectivity index (χ0n) is 14.9. The molecule has 1 atom stereocenters. The van der Waals surface area contributed by atoms with Gasteiger partial charge in [0.2, 0.25) is 0 Å². The molecule has 0 saturated carbocycles. The van der Waals surface area contributed by atoms with Crippen LogP contribution in [-0.2, 0) is 15.9 Å². The Labute approximate surface area is 152 Å². The second-order valence-corrected chi connectivity index (χ2v) is 7.78. The number of hydrogen-bond donors (Lipinski definition) is 1. The lowest BCUT2D eigenvalue weighted by atomic mass is 9.69. The monoisotopic (exact) mass is 354 g/mol. The van der Waals surface area contributed by atoms with Crippen LogP contribution in [0.25, 0.3) is 11.1 Å². The highest BCUT2D eigenvalue weighted by Gasteiger charge is 2.52. The highest BCUT2D eigenvalue weighted by atomic mass is 19.2. The summed E-state index contributed by atoms with van der Waals surface area (Å²) in [6.45, 7) is 6.15. The van der Waals surface area contributed by atoms with E-state index in [0.717, 1.165) is 56.1 Å². The smallest absolute Gasteiger partial charge is 0.0678 e. The van der Waals surface area contributed by atoms with Crippen LogP contribution in [-0.4, -0.2) is 39.0 Å². The molecule has 4 nitrogen and oxygen atoms in total. The first kappa shape index (κ1) is 16.1. The Kier molecular flexibility index (Phi) is 3.69. The fraction of sp³-hybridized carbons (Fsp3) is 0.429. The number of nitrogens with one attached hydrogen (secondary N) is 1. The molecule has 2 saturated heterocycles. The van der Waals surface area contributed by atoms with Crippen LogP contribution in [0.1, 0.15) is 11.1 Å². The van der Waals surface area contributed by atoms with Gasteiger partial charge in [-0.25, -0.2) is 5.54 Å². The van der Waals surface area contributed by atoms with Gasteiger partial charge in [-0.05, 0) is 53.8 Å². The molecule has 1 spiro atoms. The highest BCUT2D eigenvalue weighted by Crippen LogP contribution is 2.47. The summed E-state index contributed by atoms with van der Waals surface area (Å²) in [4.78, 5) is 2.51. The zero-order valence-corrected chi connectivity index (χ0v) is 14.9. The molecule has 2 aromatic rings. The first-order chi connectivity index (χ1) is 12.7. The maximum atomic E-state index is 12.9. The van der Waals surface area contributed by atoms with Crippen molar-refractivity contribution in [2.45, 2.75) is 19.4 Å². The maximum absolute atomic E-state index is 12.9. The van der Waals surface area contributed by atoms with Gasteiger partial charge in [0.25, 0.3) is 0 Å². The second kappa shape index (κ2) is 5.96. The van der Waals surface area contributed by atoms with Crippen molar-refractivity contribution in [3.63, 3.8) is 0 Å². The van der Waals surface area contributed by atoms with Crippen molar-refractivity contribution in [1.29, 1.82) is 0 Å². The molecule has 1 unspecified atom stereocenters. The molecule has 3 aliphatic rings. The van der Waals surface area contributed by atoms with Gasteiger partial charge < -0.3 is 14.4 Å². The van der Waals surface area contributed by atoms with Gasteiger partial charge in [0.15, 0.2) is 0 Å². The largest absolute Gasteiger partial charge is 0.380 e. The van der Waals surface area contributed by atoms with Crippen LogP contribution in [0.2, 0.25) is 0 Å². The van der Waals surface area contributed by atoms with Crippen molar-refractivity contribution in [3.05, 3.63) is 47.5 Å². The molecular weight excluding hydrogens is 331 g/mol. The summed E-state index contributed by atoms with van der Waals surface area (Å²) in [5.41, 5.74) is 8.45. The van der Waals surface area contributed by atoms with Gasteiger partial charge >= 0.3 is 0 Å². The summed E-state index contributed by atoms with van der Waals surface area (Å²) < 4.78 is 24.3. The van der Waals surface area contributed by atoms with E-state index in [1.165, 1.54) is 11.3 Å². The Balaban J connectivity index is 1.59. The van der Waals surface area contributed by atoms with Crippen LogP contribution in [0.4, 0.5) is 15.9 Å². The summed E-state index contributed by atoms with van der Waals surface area (Å²) in [6, 6.07) is 12.6. The van der Waals surface area contributed by atoms with Crippen LogP contribution in [0.5, 0.6) is 0 Å². The van der Waals surface area contributed by atoms with E-state index in [2.05, 4.69) is 30.0 Å². The number of hydrogen-bond acceptors (Lipinski definition) is 4. The molecule has 26 heavy (non-hydrogen) atoms. The first-order valence-electron chi connectivity index (χ1n) is 9.23. The molecule has 3 heterocycles. The Morgan fingerprint density at radius 1 is 1.15 bits per heavy atom. The molecule has 0 aromatic heterocycles. The minimum atomic E-state index is 0.197. The molecule has 0 aliphatic carbocycles.